The molecule has 2 aromatic rings. The normalized spacial score (nSPS) is 12.7. The second kappa shape index (κ2) is 10.6. The predicted octanol–water partition coefficient (Wildman–Crippen LogP) is 2.19. The molecule has 0 saturated heterocycles. The quantitative estimate of drug-likeness (QED) is 0.356. The van der Waals surface area contributed by atoms with E-state index in [0.717, 1.165) is 43.1 Å². The lowest BCUT2D eigenvalue weighted by Gasteiger charge is -2.14. The Kier molecular flexibility index (Phi) is 8.13. The molecule has 0 saturated carbocycles. The molecule has 1 aromatic carbocycles. The molecule has 0 spiro atoms. The van der Waals surface area contributed by atoms with E-state index in [1.807, 2.05) is 42.8 Å². The number of aliphatic imine (C=N–C) groups is 1. The lowest BCUT2D eigenvalue weighted by molar-refractivity contribution is 0.187. The molecule has 0 bridgehead atoms. The Morgan fingerprint density at radius 1 is 1.26 bits per heavy atom. The van der Waals surface area contributed by atoms with Crippen LogP contribution in [0.5, 0.6) is 5.75 Å². The van der Waals surface area contributed by atoms with Crippen molar-refractivity contribution in [3.8, 4) is 5.75 Å². The van der Waals surface area contributed by atoms with E-state index in [1.165, 1.54) is 5.69 Å². The summed E-state index contributed by atoms with van der Waals surface area (Å²) in [4.78, 5) is 4.49. The fourth-order valence-electron chi connectivity index (χ4n) is 2.79. The first kappa shape index (κ1) is 20.8. The molecule has 3 N–H and O–H groups in total. The summed E-state index contributed by atoms with van der Waals surface area (Å²) < 4.78 is 7.16. The zero-order chi connectivity index (χ0) is 19.6. The fraction of sp³-hybridized carbons (Fsp3) is 0.500. The van der Waals surface area contributed by atoms with Gasteiger partial charge in [0.25, 0.3) is 0 Å². The Hall–Kier alpha value is -2.54. The Morgan fingerprint density at radius 2 is 2.00 bits per heavy atom. The fourth-order valence-corrected chi connectivity index (χ4v) is 2.79. The third kappa shape index (κ3) is 6.60. The number of aliphatic hydroxyl groups is 1. The zero-order valence-corrected chi connectivity index (χ0v) is 16.7. The minimum absolute atomic E-state index is 0.291. The van der Waals surface area contributed by atoms with Gasteiger partial charge >= 0.3 is 0 Å². The topological polar surface area (TPSA) is 83.7 Å². The lowest BCUT2D eigenvalue weighted by atomic mass is 10.1. The predicted molar refractivity (Wildman–Crippen MR) is 108 cm³/mol. The Balaban J connectivity index is 1.82. The van der Waals surface area contributed by atoms with Crippen LogP contribution in [0.15, 0.2) is 35.3 Å². The van der Waals surface area contributed by atoms with E-state index in [9.17, 15) is 5.11 Å². The first-order chi connectivity index (χ1) is 13.0. The van der Waals surface area contributed by atoms with Gasteiger partial charge in [0.2, 0.25) is 0 Å². The Labute approximate surface area is 161 Å². The number of benzene rings is 1. The molecule has 0 fully saturated rings. The molecule has 0 aliphatic rings. The van der Waals surface area contributed by atoms with Gasteiger partial charge in [-0.3, -0.25) is 9.67 Å². The number of nitrogens with zero attached hydrogens (tertiary/aromatic N) is 3. The number of hydrogen-bond acceptors (Lipinski definition) is 4. The Bertz CT molecular complexity index is 724. The van der Waals surface area contributed by atoms with E-state index >= 15 is 0 Å². The smallest absolute Gasteiger partial charge is 0.191 e. The van der Waals surface area contributed by atoms with E-state index in [2.05, 4.69) is 33.7 Å². The maximum Gasteiger partial charge on any atom is 0.191 e. The molecule has 27 heavy (non-hydrogen) atoms. The average Bonchev–Trinajstić information content (AvgIpc) is 3.00. The van der Waals surface area contributed by atoms with Crippen LogP contribution in [0.2, 0.25) is 0 Å². The first-order valence-electron chi connectivity index (χ1n) is 9.38. The molecule has 0 aliphatic heterocycles. The van der Waals surface area contributed by atoms with Crippen molar-refractivity contribution in [2.45, 2.75) is 39.8 Å². The van der Waals surface area contributed by atoms with Gasteiger partial charge in [-0.25, -0.2) is 0 Å². The van der Waals surface area contributed by atoms with Gasteiger partial charge in [-0.2, -0.15) is 5.10 Å². The summed E-state index contributed by atoms with van der Waals surface area (Å²) in [5.41, 5.74) is 3.04. The van der Waals surface area contributed by atoms with Gasteiger partial charge in [-0.05, 0) is 51.0 Å². The van der Waals surface area contributed by atoms with E-state index in [1.54, 1.807) is 7.11 Å². The van der Waals surface area contributed by atoms with Gasteiger partial charge in [0.15, 0.2) is 5.96 Å². The molecule has 1 aromatic heterocycles. The van der Waals surface area contributed by atoms with E-state index in [0.29, 0.717) is 12.5 Å². The van der Waals surface area contributed by atoms with Crippen LogP contribution in [0.3, 0.4) is 0 Å². The van der Waals surface area contributed by atoms with Gasteiger partial charge in [0, 0.05) is 25.3 Å². The van der Waals surface area contributed by atoms with Gasteiger partial charge in [-0.1, -0.05) is 12.1 Å². The lowest BCUT2D eigenvalue weighted by Crippen LogP contribution is -2.38. The summed E-state index contributed by atoms with van der Waals surface area (Å²) >= 11 is 0. The van der Waals surface area contributed by atoms with Crippen LogP contribution >= 0.6 is 0 Å². The summed E-state index contributed by atoms with van der Waals surface area (Å²) in [6, 6.07) is 9.47. The van der Waals surface area contributed by atoms with Crippen LogP contribution in [-0.2, 0) is 6.54 Å². The summed E-state index contributed by atoms with van der Waals surface area (Å²) in [5, 5.41) is 21.3. The Morgan fingerprint density at radius 3 is 2.59 bits per heavy atom. The van der Waals surface area contributed by atoms with Gasteiger partial charge < -0.3 is 20.5 Å². The van der Waals surface area contributed by atoms with Crippen LogP contribution < -0.4 is 15.4 Å². The van der Waals surface area contributed by atoms with Crippen molar-refractivity contribution in [3.05, 3.63) is 47.3 Å². The number of nitrogens with one attached hydrogen (secondary N) is 2. The summed E-state index contributed by atoms with van der Waals surface area (Å²) in [6.07, 6.45) is 0.286. The van der Waals surface area contributed by atoms with Gasteiger partial charge in [0.1, 0.15) is 5.75 Å². The highest BCUT2D eigenvalue weighted by atomic mass is 16.5. The number of hydrogen-bond donors (Lipinski definition) is 3. The SMILES string of the molecule is CCNC(=NCC(O)c1ccc(OC)cc1)NCCCn1nc(C)cc1C. The minimum Gasteiger partial charge on any atom is -0.497 e. The van der Waals surface area contributed by atoms with Gasteiger partial charge in [0.05, 0.1) is 25.5 Å². The summed E-state index contributed by atoms with van der Waals surface area (Å²) in [6.45, 7) is 8.79. The van der Waals surface area contributed by atoms with E-state index in [-0.39, 0.29) is 0 Å². The van der Waals surface area contributed by atoms with Crippen LogP contribution in [0.4, 0.5) is 0 Å². The number of aliphatic hydroxyl groups excluding tert-OH is 1. The van der Waals surface area contributed by atoms with Crippen molar-refractivity contribution in [1.29, 1.82) is 0 Å². The van der Waals surface area contributed by atoms with Crippen molar-refractivity contribution >= 4 is 5.96 Å². The van der Waals surface area contributed by atoms with E-state index < -0.39 is 6.10 Å². The molecule has 2 rings (SSSR count). The number of ether oxygens (including phenoxy) is 1. The third-order valence-electron chi connectivity index (χ3n) is 4.21. The number of aromatic nitrogens is 2. The van der Waals surface area contributed by atoms with Crippen molar-refractivity contribution in [3.63, 3.8) is 0 Å². The number of rotatable bonds is 9. The molecule has 1 unspecified atom stereocenters. The minimum atomic E-state index is -0.652. The monoisotopic (exact) mass is 373 g/mol. The summed E-state index contributed by atoms with van der Waals surface area (Å²) in [7, 11) is 1.62. The van der Waals surface area contributed by atoms with Crippen molar-refractivity contribution in [2.24, 2.45) is 4.99 Å². The van der Waals surface area contributed by atoms with Crippen molar-refractivity contribution in [2.75, 3.05) is 26.7 Å². The van der Waals surface area contributed by atoms with Crippen molar-refractivity contribution in [1.82, 2.24) is 20.4 Å². The second-order valence-corrected chi connectivity index (χ2v) is 6.44. The summed E-state index contributed by atoms with van der Waals surface area (Å²) in [5.74, 6) is 1.48. The first-order valence-corrected chi connectivity index (χ1v) is 9.38. The highest BCUT2D eigenvalue weighted by molar-refractivity contribution is 5.79. The maximum absolute atomic E-state index is 10.3. The highest BCUT2D eigenvalue weighted by Crippen LogP contribution is 2.17. The number of aryl methyl sites for hydroxylation is 3. The molecular weight excluding hydrogens is 342 g/mol. The highest BCUT2D eigenvalue weighted by Gasteiger charge is 2.08. The molecule has 148 valence electrons. The van der Waals surface area contributed by atoms with Crippen LogP contribution in [0.25, 0.3) is 0 Å². The molecule has 7 nitrogen and oxygen atoms in total. The largest absolute Gasteiger partial charge is 0.497 e. The molecular formula is C20H31N5O2. The van der Waals surface area contributed by atoms with Gasteiger partial charge in [-0.15, -0.1) is 0 Å². The zero-order valence-electron chi connectivity index (χ0n) is 16.7. The number of guanidine groups is 1. The second-order valence-electron chi connectivity index (χ2n) is 6.44. The van der Waals surface area contributed by atoms with Crippen LogP contribution in [-0.4, -0.2) is 47.6 Å². The van der Waals surface area contributed by atoms with Crippen molar-refractivity contribution < 1.29 is 9.84 Å². The van der Waals surface area contributed by atoms with Crippen LogP contribution in [0.1, 0.15) is 36.4 Å². The molecule has 1 heterocycles. The number of methoxy groups -OCH3 is 1. The molecule has 0 aliphatic carbocycles. The third-order valence-corrected chi connectivity index (χ3v) is 4.21. The average molecular weight is 374 g/mol. The standard InChI is InChI=1S/C20H31N5O2/c1-5-21-20(22-11-6-12-25-16(3)13-15(2)24-25)23-14-19(26)17-7-9-18(27-4)10-8-17/h7-10,13,19,26H,5-6,11-12,14H2,1-4H3,(H2,21,22,23). The van der Waals surface area contributed by atoms with E-state index in [4.69, 9.17) is 4.74 Å². The molecule has 7 heteroatoms. The molecule has 1 atom stereocenters. The molecule has 0 radical (unpaired) electrons. The van der Waals surface area contributed by atoms with Crippen LogP contribution in [0, 0.1) is 13.8 Å². The molecule has 0 amide bonds. The maximum atomic E-state index is 10.3.